The maximum atomic E-state index is 12.4. The summed E-state index contributed by atoms with van der Waals surface area (Å²) in [7, 11) is -2.19. The van der Waals surface area contributed by atoms with Crippen LogP contribution in [0.25, 0.3) is 0 Å². The van der Waals surface area contributed by atoms with Crippen LogP contribution in [0.4, 0.5) is 11.4 Å². The highest BCUT2D eigenvalue weighted by atomic mass is 32.2. The average molecular weight is 433 g/mol. The fourth-order valence-electron chi connectivity index (χ4n) is 3.17. The van der Waals surface area contributed by atoms with E-state index in [2.05, 4.69) is 5.32 Å². The van der Waals surface area contributed by atoms with Gasteiger partial charge in [-0.1, -0.05) is 18.2 Å². The zero-order chi connectivity index (χ0) is 22.5. The monoisotopic (exact) mass is 432 g/mol. The van der Waals surface area contributed by atoms with Crippen LogP contribution in [0.3, 0.4) is 0 Å². The zero-order valence-electron chi connectivity index (χ0n) is 18.0. The molecule has 162 valence electrons. The molecular weight excluding hydrogens is 404 g/mol. The standard InChI is InChI=1S/C22H28N2O5S/c1-15-9-6-12-20(16(15)2)24(30(5,27)28)14-8-13-21(25)23-19-11-7-10-18(17(19)3)22(26)29-4/h6-7,9-12H,8,13-14H2,1-5H3,(H,23,25). The molecule has 30 heavy (non-hydrogen) atoms. The zero-order valence-corrected chi connectivity index (χ0v) is 18.8. The van der Waals surface area contributed by atoms with Crippen molar-refractivity contribution in [1.82, 2.24) is 0 Å². The first-order valence-corrected chi connectivity index (χ1v) is 11.4. The maximum Gasteiger partial charge on any atom is 0.338 e. The van der Waals surface area contributed by atoms with Crippen LogP contribution >= 0.6 is 0 Å². The minimum atomic E-state index is -3.49. The molecule has 2 rings (SSSR count). The Morgan fingerprint density at radius 1 is 1.03 bits per heavy atom. The molecule has 0 fully saturated rings. The molecule has 0 radical (unpaired) electrons. The molecule has 0 saturated heterocycles. The van der Waals surface area contributed by atoms with Crippen LogP contribution in [0.1, 0.15) is 39.9 Å². The largest absolute Gasteiger partial charge is 0.465 e. The Morgan fingerprint density at radius 2 is 1.70 bits per heavy atom. The molecule has 0 unspecified atom stereocenters. The summed E-state index contributed by atoms with van der Waals surface area (Å²) in [5.74, 6) is -0.726. The molecule has 0 bridgehead atoms. The molecule has 0 atom stereocenters. The number of benzene rings is 2. The SMILES string of the molecule is COC(=O)c1cccc(NC(=O)CCCN(c2cccc(C)c2C)S(C)(=O)=O)c1C. The van der Waals surface area contributed by atoms with Crippen molar-refractivity contribution in [1.29, 1.82) is 0 Å². The fourth-order valence-corrected chi connectivity index (χ4v) is 4.18. The number of rotatable bonds is 8. The van der Waals surface area contributed by atoms with Crippen molar-refractivity contribution in [2.75, 3.05) is 29.5 Å². The van der Waals surface area contributed by atoms with Crippen LogP contribution in [-0.4, -0.2) is 40.2 Å². The molecule has 8 heteroatoms. The number of ether oxygens (including phenoxy) is 1. The van der Waals surface area contributed by atoms with Gasteiger partial charge in [0.15, 0.2) is 0 Å². The van der Waals surface area contributed by atoms with Gasteiger partial charge in [0.1, 0.15) is 0 Å². The topological polar surface area (TPSA) is 92.8 Å². The first-order chi connectivity index (χ1) is 14.1. The molecule has 0 aliphatic carbocycles. The summed E-state index contributed by atoms with van der Waals surface area (Å²) < 4.78 is 30.7. The summed E-state index contributed by atoms with van der Waals surface area (Å²) in [6.45, 7) is 5.73. The average Bonchev–Trinajstić information content (AvgIpc) is 2.68. The Morgan fingerprint density at radius 3 is 2.33 bits per heavy atom. The van der Waals surface area contributed by atoms with E-state index in [1.165, 1.54) is 11.4 Å². The minimum Gasteiger partial charge on any atom is -0.465 e. The molecule has 0 heterocycles. The lowest BCUT2D eigenvalue weighted by Crippen LogP contribution is -2.32. The van der Waals surface area contributed by atoms with Gasteiger partial charge in [0.25, 0.3) is 0 Å². The van der Waals surface area contributed by atoms with Crippen LogP contribution in [0.5, 0.6) is 0 Å². The van der Waals surface area contributed by atoms with Gasteiger partial charge in [-0.3, -0.25) is 9.10 Å². The van der Waals surface area contributed by atoms with E-state index in [-0.39, 0.29) is 18.9 Å². The number of amides is 1. The molecule has 0 saturated carbocycles. The van der Waals surface area contributed by atoms with Crippen molar-refractivity contribution in [3.8, 4) is 0 Å². The number of carbonyl (C=O) groups excluding carboxylic acids is 2. The van der Waals surface area contributed by atoms with Gasteiger partial charge in [0, 0.05) is 18.7 Å². The van der Waals surface area contributed by atoms with Crippen molar-refractivity contribution in [3.63, 3.8) is 0 Å². The van der Waals surface area contributed by atoms with Crippen molar-refractivity contribution in [3.05, 3.63) is 58.7 Å². The summed E-state index contributed by atoms with van der Waals surface area (Å²) >= 11 is 0. The summed E-state index contributed by atoms with van der Waals surface area (Å²) in [6.07, 6.45) is 1.65. The van der Waals surface area contributed by atoms with Crippen LogP contribution < -0.4 is 9.62 Å². The number of hydrogen-bond acceptors (Lipinski definition) is 5. The second-order valence-electron chi connectivity index (χ2n) is 7.18. The van der Waals surface area contributed by atoms with Gasteiger partial charge < -0.3 is 10.1 Å². The minimum absolute atomic E-state index is 0.138. The Hall–Kier alpha value is -2.87. The predicted octanol–water partition coefficient (Wildman–Crippen LogP) is 3.58. The van der Waals surface area contributed by atoms with Gasteiger partial charge >= 0.3 is 5.97 Å². The Labute approximate surface area is 178 Å². The molecule has 2 aromatic carbocycles. The van der Waals surface area contributed by atoms with E-state index >= 15 is 0 Å². The lowest BCUT2D eigenvalue weighted by atomic mass is 10.1. The van der Waals surface area contributed by atoms with Crippen LogP contribution in [0.2, 0.25) is 0 Å². The molecule has 0 spiro atoms. The Bertz CT molecular complexity index is 1050. The third-order valence-electron chi connectivity index (χ3n) is 5.02. The predicted molar refractivity (Wildman–Crippen MR) is 118 cm³/mol. The lowest BCUT2D eigenvalue weighted by molar-refractivity contribution is -0.116. The van der Waals surface area contributed by atoms with Crippen molar-refractivity contribution in [2.24, 2.45) is 0 Å². The second-order valence-corrected chi connectivity index (χ2v) is 9.08. The summed E-state index contributed by atoms with van der Waals surface area (Å²) in [5.41, 5.74) is 4.04. The maximum absolute atomic E-state index is 12.4. The number of anilines is 2. The lowest BCUT2D eigenvalue weighted by Gasteiger charge is -2.25. The highest BCUT2D eigenvalue weighted by Crippen LogP contribution is 2.25. The van der Waals surface area contributed by atoms with Gasteiger partial charge in [-0.2, -0.15) is 0 Å². The van der Waals surface area contributed by atoms with Gasteiger partial charge in [-0.15, -0.1) is 0 Å². The van der Waals surface area contributed by atoms with E-state index in [9.17, 15) is 18.0 Å². The van der Waals surface area contributed by atoms with Crippen LogP contribution in [0, 0.1) is 20.8 Å². The number of carbonyl (C=O) groups is 2. The van der Waals surface area contributed by atoms with E-state index in [0.717, 1.165) is 17.4 Å². The van der Waals surface area contributed by atoms with E-state index in [4.69, 9.17) is 4.74 Å². The molecule has 1 N–H and O–H groups in total. The van der Waals surface area contributed by atoms with Crippen LogP contribution in [0.15, 0.2) is 36.4 Å². The first kappa shape index (κ1) is 23.4. The Kier molecular flexibility index (Phi) is 7.61. The number of methoxy groups -OCH3 is 1. The third kappa shape index (κ3) is 5.60. The summed E-state index contributed by atoms with van der Waals surface area (Å²) in [4.78, 5) is 24.2. The molecule has 2 aromatic rings. The van der Waals surface area contributed by atoms with Gasteiger partial charge in [0.05, 0.1) is 24.6 Å². The molecule has 0 aromatic heterocycles. The van der Waals surface area contributed by atoms with E-state index in [1.807, 2.05) is 26.0 Å². The highest BCUT2D eigenvalue weighted by molar-refractivity contribution is 7.92. The van der Waals surface area contributed by atoms with Gasteiger partial charge in [0.2, 0.25) is 15.9 Å². The number of nitrogens with one attached hydrogen (secondary N) is 1. The molecule has 7 nitrogen and oxygen atoms in total. The van der Waals surface area contributed by atoms with Gasteiger partial charge in [-0.25, -0.2) is 13.2 Å². The summed E-state index contributed by atoms with van der Waals surface area (Å²) in [5, 5.41) is 2.79. The van der Waals surface area contributed by atoms with Crippen molar-refractivity contribution >= 4 is 33.3 Å². The molecule has 0 aliphatic heterocycles. The second kappa shape index (κ2) is 9.75. The molecule has 0 aliphatic rings. The number of nitrogens with zero attached hydrogens (tertiary/aromatic N) is 1. The molecule has 1 amide bonds. The summed E-state index contributed by atoms with van der Waals surface area (Å²) in [6, 6.07) is 10.5. The Balaban J connectivity index is 2.07. The highest BCUT2D eigenvalue weighted by Gasteiger charge is 2.20. The van der Waals surface area contributed by atoms with E-state index in [0.29, 0.717) is 28.9 Å². The third-order valence-corrected chi connectivity index (χ3v) is 6.20. The normalized spacial score (nSPS) is 11.1. The number of aryl methyl sites for hydroxylation is 1. The number of sulfonamides is 1. The fraction of sp³-hybridized carbons (Fsp3) is 0.364. The molecular formula is C22H28N2O5S. The quantitative estimate of drug-likeness (QED) is 0.644. The number of esters is 1. The van der Waals surface area contributed by atoms with E-state index in [1.54, 1.807) is 31.2 Å². The van der Waals surface area contributed by atoms with E-state index < -0.39 is 16.0 Å². The number of hydrogen-bond donors (Lipinski definition) is 1. The van der Waals surface area contributed by atoms with Crippen molar-refractivity contribution < 1.29 is 22.7 Å². The smallest absolute Gasteiger partial charge is 0.338 e. The van der Waals surface area contributed by atoms with Gasteiger partial charge in [-0.05, 0) is 62.1 Å². The van der Waals surface area contributed by atoms with Crippen LogP contribution in [-0.2, 0) is 19.6 Å². The first-order valence-electron chi connectivity index (χ1n) is 9.58. The van der Waals surface area contributed by atoms with Crippen molar-refractivity contribution in [2.45, 2.75) is 33.6 Å².